The molecule has 0 heterocycles. The molecule has 0 saturated carbocycles. The Morgan fingerprint density at radius 2 is 1.23 bits per heavy atom. The average molecular weight is 509 g/mol. The van der Waals surface area contributed by atoms with Crippen LogP contribution in [-0.2, 0) is 5.41 Å². The Morgan fingerprint density at radius 3 is 2.00 bits per heavy atom. The molecule has 2 aliphatic carbocycles. The number of benzene rings is 7. The van der Waals surface area contributed by atoms with Crippen LogP contribution in [0.25, 0.3) is 66.0 Å². The fourth-order valence-corrected chi connectivity index (χ4v) is 7.27. The fraction of sp³-hybridized carbons (Fsp3) is 0.100. The van der Waals surface area contributed by atoms with Crippen LogP contribution in [0.4, 0.5) is 0 Å². The predicted molar refractivity (Wildman–Crippen MR) is 173 cm³/mol. The minimum Gasteiger partial charge on any atom is -0.0619 e. The van der Waals surface area contributed by atoms with E-state index in [9.17, 15) is 0 Å². The van der Waals surface area contributed by atoms with E-state index in [1.807, 2.05) is 0 Å². The summed E-state index contributed by atoms with van der Waals surface area (Å²) in [5.41, 5.74) is 8.06. The molecular weight excluding hydrogens is 480 g/mol. The van der Waals surface area contributed by atoms with Gasteiger partial charge in [-0.05, 0) is 62.4 Å². The minimum atomic E-state index is 0.105. The molecule has 2 aliphatic rings. The van der Waals surface area contributed by atoms with E-state index >= 15 is 0 Å². The summed E-state index contributed by atoms with van der Waals surface area (Å²) in [5.74, 6) is 1.33. The van der Waals surface area contributed by atoms with Gasteiger partial charge < -0.3 is 0 Å². The first-order valence-electron chi connectivity index (χ1n) is 14.3. The number of rotatable bonds is 0. The third kappa shape index (κ3) is 2.89. The van der Waals surface area contributed by atoms with Crippen molar-refractivity contribution < 1.29 is 0 Å². The van der Waals surface area contributed by atoms with Gasteiger partial charge in [-0.3, -0.25) is 0 Å². The number of fused-ring (bicyclic) bond motifs is 10. The largest absolute Gasteiger partial charge is 0.0937 e. The van der Waals surface area contributed by atoms with E-state index in [1.165, 1.54) is 93.2 Å². The lowest BCUT2D eigenvalue weighted by Crippen LogP contribution is -2.14. The van der Waals surface area contributed by atoms with Gasteiger partial charge in [0.1, 0.15) is 0 Å². The summed E-state index contributed by atoms with van der Waals surface area (Å²) in [5, 5.41) is 13.5. The Kier molecular flexibility index (Phi) is 4.21. The van der Waals surface area contributed by atoms with Gasteiger partial charge in [0.2, 0.25) is 0 Å². The van der Waals surface area contributed by atoms with Crippen LogP contribution in [0.2, 0.25) is 0 Å². The molecule has 0 aliphatic heterocycles. The lowest BCUT2D eigenvalue weighted by atomic mass is 9.71. The van der Waals surface area contributed by atoms with E-state index in [-0.39, 0.29) is 5.41 Å². The Labute approximate surface area is 234 Å². The Morgan fingerprint density at radius 1 is 0.550 bits per heavy atom. The molecule has 7 aromatic carbocycles. The van der Waals surface area contributed by atoms with Crippen LogP contribution in [0.15, 0.2) is 103 Å². The monoisotopic (exact) mass is 508 g/mol. The van der Waals surface area contributed by atoms with Crippen molar-refractivity contribution in [3.63, 3.8) is 0 Å². The Bertz CT molecular complexity index is 2250. The molecule has 187 valence electrons. The molecule has 1 radical (unpaired) electrons. The smallest absolute Gasteiger partial charge is 0.0619 e. The van der Waals surface area contributed by atoms with Gasteiger partial charge in [0, 0.05) is 50.7 Å². The van der Waals surface area contributed by atoms with E-state index in [1.54, 1.807) is 0 Å². The maximum Gasteiger partial charge on any atom is 0.0937 e. The third-order valence-electron chi connectivity index (χ3n) is 9.23. The SMILES string of the molecule is CC(C)(C)c1cc2ccc3cc4c5ccccc5c5c(c4c4ccc(c1)c2c34)[C+]1[CH]c2ccccc2C=C1C=C5. The van der Waals surface area contributed by atoms with E-state index in [0.29, 0.717) is 0 Å². The van der Waals surface area contributed by atoms with E-state index < -0.39 is 0 Å². The van der Waals surface area contributed by atoms with E-state index in [4.69, 9.17) is 0 Å². The van der Waals surface area contributed by atoms with Crippen molar-refractivity contribution in [2.75, 3.05) is 0 Å². The van der Waals surface area contributed by atoms with Gasteiger partial charge in [-0.2, -0.15) is 0 Å². The average Bonchev–Trinajstić information content (AvgIpc) is 2.97. The highest BCUT2D eigenvalue weighted by Gasteiger charge is 2.36. The molecule has 7 aromatic rings. The summed E-state index contributed by atoms with van der Waals surface area (Å²) in [6.07, 6.45) is 9.43. The van der Waals surface area contributed by atoms with Crippen molar-refractivity contribution >= 4 is 66.0 Å². The molecule has 0 atom stereocenters. The summed E-state index contributed by atoms with van der Waals surface area (Å²) in [7, 11) is 0. The van der Waals surface area contributed by atoms with Crippen LogP contribution in [-0.4, -0.2) is 0 Å². The van der Waals surface area contributed by atoms with E-state index in [0.717, 1.165) is 0 Å². The van der Waals surface area contributed by atoms with Crippen LogP contribution in [0.5, 0.6) is 0 Å². The van der Waals surface area contributed by atoms with Crippen molar-refractivity contribution in [3.8, 4) is 0 Å². The molecule has 0 amide bonds. The van der Waals surface area contributed by atoms with Gasteiger partial charge in [-0.25, -0.2) is 0 Å². The molecule has 9 rings (SSSR count). The van der Waals surface area contributed by atoms with Crippen molar-refractivity contribution in [2.24, 2.45) is 0 Å². The highest BCUT2D eigenvalue weighted by molar-refractivity contribution is 6.33. The molecular formula is C40H28+. The number of hydrogen-bond acceptors (Lipinski definition) is 0. The van der Waals surface area contributed by atoms with Gasteiger partial charge in [0.25, 0.3) is 0 Å². The zero-order valence-electron chi connectivity index (χ0n) is 23.0. The van der Waals surface area contributed by atoms with Gasteiger partial charge in [0.15, 0.2) is 0 Å². The standard InChI is InChI=1S/C40H28/c1-40(2,3)29-19-26-12-13-28-22-35-31-11-7-6-10-30(31)32-16-14-25-18-23-8-4-5-9-24(23)21-34(25)38(32)39(35)33-17-15-27(20-29)36(26)37(28)33/h4-22H,1-3H3/q+1. The van der Waals surface area contributed by atoms with Gasteiger partial charge >= 0.3 is 0 Å². The van der Waals surface area contributed by atoms with Gasteiger partial charge in [-0.15, -0.1) is 0 Å². The van der Waals surface area contributed by atoms with Crippen molar-refractivity contribution in [2.45, 2.75) is 26.2 Å². The second-order valence-electron chi connectivity index (χ2n) is 12.6. The highest BCUT2D eigenvalue weighted by atomic mass is 14.3. The predicted octanol–water partition coefficient (Wildman–Crippen LogP) is 10.8. The summed E-state index contributed by atoms with van der Waals surface area (Å²) in [4.78, 5) is 0. The third-order valence-corrected chi connectivity index (χ3v) is 9.23. The maximum atomic E-state index is 2.45. The quantitative estimate of drug-likeness (QED) is 0.109. The Balaban J connectivity index is 1.47. The molecule has 0 heteroatoms. The normalized spacial score (nSPS) is 14.8. The number of hydrogen-bond donors (Lipinski definition) is 0. The molecule has 0 N–H and O–H groups in total. The summed E-state index contributed by atoms with van der Waals surface area (Å²) >= 11 is 0. The molecule has 0 nitrogen and oxygen atoms in total. The van der Waals surface area contributed by atoms with Crippen molar-refractivity contribution in [3.05, 3.63) is 143 Å². The second-order valence-corrected chi connectivity index (χ2v) is 12.6. The molecule has 0 spiro atoms. The summed E-state index contributed by atoms with van der Waals surface area (Å²) < 4.78 is 0. The molecule has 0 unspecified atom stereocenters. The summed E-state index contributed by atoms with van der Waals surface area (Å²) in [6.45, 7) is 6.92. The molecule has 0 saturated heterocycles. The lowest BCUT2D eigenvalue weighted by molar-refractivity contribution is 0.591. The first-order chi connectivity index (χ1) is 19.5. The van der Waals surface area contributed by atoms with E-state index in [2.05, 4.69) is 136 Å². The summed E-state index contributed by atoms with van der Waals surface area (Å²) in [6, 6.07) is 34.4. The fourth-order valence-electron chi connectivity index (χ4n) is 7.27. The van der Waals surface area contributed by atoms with Crippen LogP contribution >= 0.6 is 0 Å². The van der Waals surface area contributed by atoms with Crippen LogP contribution < -0.4 is 0 Å². The van der Waals surface area contributed by atoms with Gasteiger partial charge in [0.05, 0.1) is 34.4 Å². The van der Waals surface area contributed by atoms with Crippen molar-refractivity contribution in [1.82, 2.24) is 0 Å². The zero-order chi connectivity index (χ0) is 26.7. The molecule has 40 heavy (non-hydrogen) atoms. The molecule has 0 fully saturated rings. The second kappa shape index (κ2) is 7.55. The zero-order valence-corrected chi connectivity index (χ0v) is 23.0. The number of allylic oxidation sites excluding steroid dienone is 2. The lowest BCUT2D eigenvalue weighted by Gasteiger charge is -2.26. The highest BCUT2D eigenvalue weighted by Crippen LogP contribution is 2.50. The van der Waals surface area contributed by atoms with Crippen LogP contribution in [0.3, 0.4) is 0 Å². The molecule has 0 bridgehead atoms. The first kappa shape index (κ1) is 22.3. The minimum absolute atomic E-state index is 0.105. The van der Waals surface area contributed by atoms with Gasteiger partial charge in [-0.1, -0.05) is 87.5 Å². The van der Waals surface area contributed by atoms with Crippen molar-refractivity contribution in [1.29, 1.82) is 0 Å². The maximum absolute atomic E-state index is 2.45. The first-order valence-corrected chi connectivity index (χ1v) is 14.3. The van der Waals surface area contributed by atoms with Crippen LogP contribution in [0, 0.1) is 12.3 Å². The van der Waals surface area contributed by atoms with Crippen LogP contribution in [0.1, 0.15) is 48.6 Å². The molecule has 0 aromatic heterocycles. The Hall–Kier alpha value is -4.55. The topological polar surface area (TPSA) is 0 Å².